The second-order valence-electron chi connectivity index (χ2n) is 4.31. The van der Waals surface area contributed by atoms with Crippen molar-refractivity contribution >= 4 is 22.9 Å². The molecule has 20 heavy (non-hydrogen) atoms. The number of aromatic nitrogens is 1. The zero-order chi connectivity index (χ0) is 13.9. The van der Waals surface area contributed by atoms with E-state index in [1.54, 1.807) is 11.4 Å². The van der Waals surface area contributed by atoms with Gasteiger partial charge in [-0.05, 0) is 12.1 Å². The van der Waals surface area contributed by atoms with Gasteiger partial charge >= 0.3 is 4.87 Å². The first kappa shape index (κ1) is 12.7. The Kier molecular flexibility index (Phi) is 3.42. The number of ether oxygens (including phenoxy) is 1. The molecular weight excluding hydrogens is 278 g/mol. The number of amides is 1. The number of H-pyrrole nitrogens is 1. The molecule has 7 heteroatoms. The third-order valence-electron chi connectivity index (χ3n) is 2.93. The highest BCUT2D eigenvalue weighted by molar-refractivity contribution is 7.07. The predicted octanol–water partition coefficient (Wildman–Crippen LogP) is 1.17. The van der Waals surface area contributed by atoms with E-state index in [2.05, 4.69) is 15.6 Å². The minimum absolute atomic E-state index is 0.126. The smallest absolute Gasteiger partial charge is 0.304 e. The summed E-state index contributed by atoms with van der Waals surface area (Å²) >= 11 is 1.08. The Hall–Kier alpha value is -2.28. The molecule has 0 fully saturated rings. The lowest BCUT2D eigenvalue weighted by Crippen LogP contribution is -2.26. The van der Waals surface area contributed by atoms with Crippen molar-refractivity contribution in [3.8, 4) is 5.75 Å². The molecular formula is C13H13N3O3S. The Bertz CT molecular complexity index is 692. The Morgan fingerprint density at radius 2 is 2.35 bits per heavy atom. The van der Waals surface area contributed by atoms with Crippen molar-refractivity contribution < 1.29 is 9.53 Å². The number of rotatable bonds is 3. The lowest BCUT2D eigenvalue weighted by atomic mass is 10.1. The molecule has 1 aliphatic heterocycles. The topological polar surface area (TPSA) is 83.2 Å². The molecule has 0 saturated heterocycles. The minimum Gasteiger partial charge on any atom is -0.489 e. The van der Waals surface area contributed by atoms with E-state index in [-0.39, 0.29) is 17.3 Å². The number of hydrogen-bond donors (Lipinski definition) is 3. The van der Waals surface area contributed by atoms with Crippen molar-refractivity contribution in [2.75, 3.05) is 18.5 Å². The molecule has 1 amide bonds. The van der Waals surface area contributed by atoms with Crippen molar-refractivity contribution in [2.24, 2.45) is 0 Å². The van der Waals surface area contributed by atoms with Crippen LogP contribution in [0.1, 0.15) is 16.1 Å². The largest absolute Gasteiger partial charge is 0.489 e. The summed E-state index contributed by atoms with van der Waals surface area (Å²) in [6.45, 7) is 1.55. The van der Waals surface area contributed by atoms with Gasteiger partial charge in [0.1, 0.15) is 6.61 Å². The molecule has 3 N–H and O–H groups in total. The Morgan fingerprint density at radius 3 is 3.15 bits per heavy atom. The van der Waals surface area contributed by atoms with Crippen molar-refractivity contribution in [1.29, 1.82) is 0 Å². The van der Waals surface area contributed by atoms with Gasteiger partial charge < -0.3 is 20.4 Å². The lowest BCUT2D eigenvalue weighted by Gasteiger charge is -2.21. The molecule has 0 aliphatic carbocycles. The van der Waals surface area contributed by atoms with E-state index in [0.717, 1.165) is 23.6 Å². The number of fused-ring (bicyclic) bond motifs is 1. The van der Waals surface area contributed by atoms with Gasteiger partial charge in [0.25, 0.3) is 5.91 Å². The van der Waals surface area contributed by atoms with Crippen molar-refractivity contribution in [2.45, 2.75) is 6.54 Å². The summed E-state index contributed by atoms with van der Waals surface area (Å²) in [4.78, 5) is 25.7. The molecule has 0 bridgehead atoms. The first-order valence-corrected chi connectivity index (χ1v) is 7.06. The summed E-state index contributed by atoms with van der Waals surface area (Å²) < 4.78 is 5.55. The van der Waals surface area contributed by atoms with Gasteiger partial charge in [-0.2, -0.15) is 0 Å². The number of nitrogens with one attached hydrogen (secondary N) is 3. The highest BCUT2D eigenvalue weighted by atomic mass is 32.1. The van der Waals surface area contributed by atoms with Crippen LogP contribution in [0.3, 0.4) is 0 Å². The number of carbonyl (C=O) groups excluding carboxylic acids is 1. The van der Waals surface area contributed by atoms with Crippen molar-refractivity contribution in [3.63, 3.8) is 0 Å². The van der Waals surface area contributed by atoms with E-state index in [1.165, 1.54) is 0 Å². The maximum atomic E-state index is 12.2. The highest BCUT2D eigenvalue weighted by Gasteiger charge is 2.18. The standard InChI is InChI=1S/C13H13N3O3S/c17-12(15-6-8-7-20-13(18)16-8)9-2-1-3-10-11(9)19-5-4-14-10/h1-3,7,14H,4-6H2,(H,15,17)(H,16,18). The maximum Gasteiger partial charge on any atom is 0.304 e. The first-order valence-electron chi connectivity index (χ1n) is 6.18. The molecule has 104 valence electrons. The number of para-hydroxylation sites is 1. The summed E-state index contributed by atoms with van der Waals surface area (Å²) in [7, 11) is 0. The molecule has 1 aromatic heterocycles. The molecule has 2 heterocycles. The average Bonchev–Trinajstić information content (AvgIpc) is 2.90. The van der Waals surface area contributed by atoms with Crippen molar-refractivity contribution in [1.82, 2.24) is 10.3 Å². The van der Waals surface area contributed by atoms with Gasteiger partial charge in [-0.15, -0.1) is 0 Å². The van der Waals surface area contributed by atoms with Crippen LogP contribution >= 0.6 is 11.3 Å². The summed E-state index contributed by atoms with van der Waals surface area (Å²) in [6.07, 6.45) is 0. The highest BCUT2D eigenvalue weighted by Crippen LogP contribution is 2.31. The first-order chi connectivity index (χ1) is 9.74. The van der Waals surface area contributed by atoms with Crippen LogP contribution in [0.15, 0.2) is 28.4 Å². The molecule has 1 aliphatic rings. The van der Waals surface area contributed by atoms with Gasteiger partial charge in [0.2, 0.25) is 0 Å². The van der Waals surface area contributed by atoms with Gasteiger partial charge in [0.05, 0.1) is 17.8 Å². The van der Waals surface area contributed by atoms with Crippen LogP contribution < -0.4 is 20.2 Å². The molecule has 1 aromatic carbocycles. The van der Waals surface area contributed by atoms with E-state index in [4.69, 9.17) is 4.74 Å². The van der Waals surface area contributed by atoms with Crippen LogP contribution in [0.25, 0.3) is 0 Å². The maximum absolute atomic E-state index is 12.2. The van der Waals surface area contributed by atoms with Gasteiger partial charge in [-0.25, -0.2) is 0 Å². The van der Waals surface area contributed by atoms with E-state index >= 15 is 0 Å². The summed E-state index contributed by atoms with van der Waals surface area (Å²) in [5.41, 5.74) is 2.01. The minimum atomic E-state index is -0.224. The molecule has 0 atom stereocenters. The second kappa shape index (κ2) is 5.38. The fraction of sp³-hybridized carbons (Fsp3) is 0.231. The van der Waals surface area contributed by atoms with Crippen LogP contribution in [0.5, 0.6) is 5.75 Å². The summed E-state index contributed by atoms with van der Waals surface area (Å²) in [5.74, 6) is 0.354. The molecule has 0 saturated carbocycles. The van der Waals surface area contributed by atoms with E-state index in [0.29, 0.717) is 23.6 Å². The number of benzene rings is 1. The monoisotopic (exact) mass is 291 g/mol. The SMILES string of the molecule is O=C(NCc1csc(=O)[nH]1)c1cccc2c1OCCN2. The quantitative estimate of drug-likeness (QED) is 0.792. The van der Waals surface area contributed by atoms with Gasteiger partial charge in [0.15, 0.2) is 5.75 Å². The number of hydrogen-bond acceptors (Lipinski definition) is 5. The number of carbonyl (C=O) groups is 1. The Morgan fingerprint density at radius 1 is 1.45 bits per heavy atom. The average molecular weight is 291 g/mol. The van der Waals surface area contributed by atoms with Crippen LogP contribution in [0.4, 0.5) is 5.69 Å². The zero-order valence-corrected chi connectivity index (χ0v) is 11.4. The molecule has 2 aromatic rings. The van der Waals surface area contributed by atoms with Crippen LogP contribution in [-0.4, -0.2) is 24.0 Å². The lowest BCUT2D eigenvalue weighted by molar-refractivity contribution is 0.0946. The van der Waals surface area contributed by atoms with Crippen molar-refractivity contribution in [3.05, 3.63) is 44.5 Å². The summed E-state index contributed by atoms with van der Waals surface area (Å²) in [5, 5.41) is 7.65. The van der Waals surface area contributed by atoms with Gasteiger partial charge in [-0.3, -0.25) is 9.59 Å². The molecule has 0 radical (unpaired) electrons. The molecule has 6 nitrogen and oxygen atoms in total. The summed E-state index contributed by atoms with van der Waals surface area (Å²) in [6, 6.07) is 5.40. The Balaban J connectivity index is 1.75. The Labute approximate surface area is 118 Å². The van der Waals surface area contributed by atoms with Crippen LogP contribution in [-0.2, 0) is 6.54 Å². The van der Waals surface area contributed by atoms with Crippen LogP contribution in [0, 0.1) is 0 Å². The molecule has 3 rings (SSSR count). The second-order valence-corrected chi connectivity index (χ2v) is 5.16. The molecule has 0 unspecified atom stereocenters. The predicted molar refractivity (Wildman–Crippen MR) is 76.5 cm³/mol. The van der Waals surface area contributed by atoms with Gasteiger partial charge in [0, 0.05) is 17.6 Å². The number of thiazole rings is 1. The van der Waals surface area contributed by atoms with E-state index in [9.17, 15) is 9.59 Å². The van der Waals surface area contributed by atoms with Crippen LogP contribution in [0.2, 0.25) is 0 Å². The third kappa shape index (κ3) is 2.53. The van der Waals surface area contributed by atoms with E-state index < -0.39 is 0 Å². The normalized spacial score (nSPS) is 13.0. The third-order valence-corrected chi connectivity index (χ3v) is 3.65. The van der Waals surface area contributed by atoms with Gasteiger partial charge in [-0.1, -0.05) is 17.4 Å². The van der Waals surface area contributed by atoms with E-state index in [1.807, 2.05) is 12.1 Å². The zero-order valence-electron chi connectivity index (χ0n) is 10.6. The molecule has 0 spiro atoms. The fourth-order valence-electron chi connectivity index (χ4n) is 2.02. The number of anilines is 1. The fourth-order valence-corrected chi connectivity index (χ4v) is 2.60. The number of aromatic amines is 1.